The maximum atomic E-state index is 12.1. The molecule has 21 heavy (non-hydrogen) atoms. The van der Waals surface area contributed by atoms with Gasteiger partial charge < -0.3 is 14.5 Å². The lowest BCUT2D eigenvalue weighted by atomic mass is 10.2. The Kier molecular flexibility index (Phi) is 5.62. The molecule has 1 heterocycles. The average molecular weight is 297 g/mol. The molecule has 2 rings (SSSR count). The van der Waals surface area contributed by atoms with E-state index in [1.165, 1.54) is 12.1 Å². The van der Waals surface area contributed by atoms with Crippen LogP contribution < -0.4 is 10.1 Å². The predicted octanol–water partition coefficient (Wildman–Crippen LogP) is 2.88. The zero-order valence-electron chi connectivity index (χ0n) is 11.7. The van der Waals surface area contributed by atoms with Crippen molar-refractivity contribution >= 4 is 0 Å². The minimum Gasteiger partial charge on any atom is -0.435 e. The highest BCUT2D eigenvalue weighted by molar-refractivity contribution is 5.53. The van der Waals surface area contributed by atoms with E-state index in [9.17, 15) is 8.78 Å². The molecule has 0 aliphatic rings. The van der Waals surface area contributed by atoms with E-state index >= 15 is 0 Å². The molecule has 0 fully saturated rings. The number of rotatable bonds is 8. The van der Waals surface area contributed by atoms with Crippen LogP contribution in [-0.4, -0.2) is 29.9 Å². The van der Waals surface area contributed by atoms with E-state index in [1.807, 2.05) is 6.92 Å². The zero-order valence-corrected chi connectivity index (χ0v) is 11.7. The van der Waals surface area contributed by atoms with Crippen molar-refractivity contribution in [3.63, 3.8) is 0 Å². The van der Waals surface area contributed by atoms with E-state index in [-0.39, 0.29) is 5.75 Å². The van der Waals surface area contributed by atoms with Crippen molar-refractivity contribution in [1.29, 1.82) is 0 Å². The van der Waals surface area contributed by atoms with Gasteiger partial charge in [0.05, 0.1) is 0 Å². The minimum absolute atomic E-state index is 0.0964. The van der Waals surface area contributed by atoms with Crippen LogP contribution in [0.2, 0.25) is 0 Å². The summed E-state index contributed by atoms with van der Waals surface area (Å²) < 4.78 is 33.9. The number of aryl methyl sites for hydroxylation is 1. The van der Waals surface area contributed by atoms with Gasteiger partial charge in [0.1, 0.15) is 5.75 Å². The van der Waals surface area contributed by atoms with E-state index in [2.05, 4.69) is 20.3 Å². The summed E-state index contributed by atoms with van der Waals surface area (Å²) >= 11 is 0. The van der Waals surface area contributed by atoms with Crippen LogP contribution in [0.5, 0.6) is 5.75 Å². The number of alkyl halides is 2. The summed E-state index contributed by atoms with van der Waals surface area (Å²) in [5.74, 6) is 1.03. The van der Waals surface area contributed by atoms with Crippen molar-refractivity contribution < 1.29 is 17.9 Å². The van der Waals surface area contributed by atoms with E-state index < -0.39 is 6.61 Å². The van der Waals surface area contributed by atoms with Crippen molar-refractivity contribution in [1.82, 2.24) is 15.5 Å². The summed E-state index contributed by atoms with van der Waals surface area (Å²) in [5.41, 5.74) is 0.669. The fourth-order valence-corrected chi connectivity index (χ4v) is 1.79. The fraction of sp³-hybridized carbons (Fsp3) is 0.429. The second-order valence-electron chi connectivity index (χ2n) is 4.36. The molecule has 0 unspecified atom stereocenters. The molecule has 1 aromatic heterocycles. The topological polar surface area (TPSA) is 60.2 Å². The lowest BCUT2D eigenvalue weighted by Crippen LogP contribution is -2.14. The number of hydrogen-bond donors (Lipinski definition) is 1. The van der Waals surface area contributed by atoms with Gasteiger partial charge in [-0.2, -0.15) is 8.78 Å². The number of benzene rings is 1. The summed E-state index contributed by atoms with van der Waals surface area (Å²) in [6, 6.07) is 6.09. The lowest BCUT2D eigenvalue weighted by Gasteiger charge is -2.03. The van der Waals surface area contributed by atoms with Crippen molar-refractivity contribution in [3.05, 3.63) is 30.2 Å². The van der Waals surface area contributed by atoms with E-state index in [0.29, 0.717) is 23.8 Å². The second kappa shape index (κ2) is 7.68. The third-order valence-corrected chi connectivity index (χ3v) is 2.79. The van der Waals surface area contributed by atoms with Gasteiger partial charge >= 0.3 is 6.61 Å². The summed E-state index contributed by atoms with van der Waals surface area (Å²) in [6.45, 7) is 1.05. The first-order chi connectivity index (χ1) is 10.2. The molecule has 2 aromatic rings. The molecule has 1 N–H and O–H groups in total. The number of nitrogens with zero attached hydrogens (tertiary/aromatic N) is 2. The quantitative estimate of drug-likeness (QED) is 0.759. The molecule has 0 saturated carbocycles. The zero-order chi connectivity index (χ0) is 15.1. The van der Waals surface area contributed by atoms with E-state index in [1.54, 1.807) is 12.1 Å². The van der Waals surface area contributed by atoms with Gasteiger partial charge in [-0.3, -0.25) is 0 Å². The maximum absolute atomic E-state index is 12.1. The summed E-state index contributed by atoms with van der Waals surface area (Å²) in [4.78, 5) is 0. The van der Waals surface area contributed by atoms with Crippen LogP contribution in [0, 0.1) is 0 Å². The highest BCUT2D eigenvalue weighted by atomic mass is 19.3. The lowest BCUT2D eigenvalue weighted by molar-refractivity contribution is -0.0498. The van der Waals surface area contributed by atoms with Crippen LogP contribution >= 0.6 is 0 Å². The Morgan fingerprint density at radius 3 is 2.67 bits per heavy atom. The normalized spacial score (nSPS) is 11.0. The molecule has 0 spiro atoms. The van der Waals surface area contributed by atoms with Crippen LogP contribution in [0.15, 0.2) is 28.7 Å². The standard InChI is InChI=1S/C14H17F2N3O2/c1-2-17-9-3-4-12-18-19-13(21-12)10-5-7-11(8-6-10)20-14(15)16/h5-8,14,17H,2-4,9H2,1H3. The molecule has 0 aliphatic heterocycles. The van der Waals surface area contributed by atoms with Gasteiger partial charge in [-0.25, -0.2) is 0 Å². The second-order valence-corrected chi connectivity index (χ2v) is 4.36. The molecule has 0 atom stereocenters. The van der Waals surface area contributed by atoms with Gasteiger partial charge in [-0.1, -0.05) is 6.92 Å². The molecule has 1 aromatic carbocycles. The molecule has 0 bridgehead atoms. The van der Waals surface area contributed by atoms with Gasteiger partial charge in [-0.05, 0) is 43.8 Å². The number of ether oxygens (including phenoxy) is 1. The van der Waals surface area contributed by atoms with Gasteiger partial charge in [0.25, 0.3) is 0 Å². The summed E-state index contributed by atoms with van der Waals surface area (Å²) in [7, 11) is 0. The fourth-order valence-electron chi connectivity index (χ4n) is 1.79. The first-order valence-electron chi connectivity index (χ1n) is 6.77. The summed E-state index contributed by atoms with van der Waals surface area (Å²) in [6.07, 6.45) is 1.61. The molecule has 0 saturated heterocycles. The first-order valence-corrected chi connectivity index (χ1v) is 6.77. The van der Waals surface area contributed by atoms with Gasteiger partial charge in [0, 0.05) is 12.0 Å². The monoisotopic (exact) mass is 297 g/mol. The largest absolute Gasteiger partial charge is 0.435 e. The minimum atomic E-state index is -2.83. The smallest absolute Gasteiger partial charge is 0.387 e. The highest BCUT2D eigenvalue weighted by Gasteiger charge is 2.09. The molecular weight excluding hydrogens is 280 g/mol. The molecule has 7 heteroatoms. The van der Waals surface area contributed by atoms with Crippen molar-refractivity contribution in [3.8, 4) is 17.2 Å². The van der Waals surface area contributed by atoms with Crippen LogP contribution in [0.25, 0.3) is 11.5 Å². The molecule has 114 valence electrons. The summed E-state index contributed by atoms with van der Waals surface area (Å²) in [5, 5.41) is 11.1. The molecule has 0 radical (unpaired) electrons. The average Bonchev–Trinajstić information content (AvgIpc) is 2.93. The van der Waals surface area contributed by atoms with Gasteiger partial charge in [0.15, 0.2) is 0 Å². The van der Waals surface area contributed by atoms with Crippen molar-refractivity contribution in [2.45, 2.75) is 26.4 Å². The van der Waals surface area contributed by atoms with E-state index in [4.69, 9.17) is 4.42 Å². The third-order valence-electron chi connectivity index (χ3n) is 2.79. The maximum Gasteiger partial charge on any atom is 0.387 e. The molecule has 5 nitrogen and oxygen atoms in total. The molecular formula is C14H17F2N3O2. The Morgan fingerprint density at radius 1 is 1.24 bits per heavy atom. The number of halogens is 2. The van der Waals surface area contributed by atoms with E-state index in [0.717, 1.165) is 19.5 Å². The third kappa shape index (κ3) is 4.78. The van der Waals surface area contributed by atoms with Crippen molar-refractivity contribution in [2.75, 3.05) is 13.1 Å². The molecule has 0 amide bonds. The SMILES string of the molecule is CCNCCCc1nnc(-c2ccc(OC(F)F)cc2)o1. The Morgan fingerprint density at radius 2 is 2.00 bits per heavy atom. The first kappa shape index (κ1) is 15.4. The Hall–Kier alpha value is -2.02. The van der Waals surface area contributed by atoms with Gasteiger partial charge in [-0.15, -0.1) is 10.2 Å². The number of aromatic nitrogens is 2. The number of hydrogen-bond acceptors (Lipinski definition) is 5. The van der Waals surface area contributed by atoms with Crippen LogP contribution in [0.3, 0.4) is 0 Å². The number of nitrogens with one attached hydrogen (secondary N) is 1. The Bertz CT molecular complexity index is 543. The Balaban J connectivity index is 1.94. The van der Waals surface area contributed by atoms with Crippen LogP contribution in [0.4, 0.5) is 8.78 Å². The molecule has 0 aliphatic carbocycles. The predicted molar refractivity (Wildman–Crippen MR) is 73.2 cm³/mol. The van der Waals surface area contributed by atoms with Crippen LogP contribution in [-0.2, 0) is 6.42 Å². The van der Waals surface area contributed by atoms with Crippen molar-refractivity contribution in [2.24, 2.45) is 0 Å². The Labute approximate surface area is 121 Å². The van der Waals surface area contributed by atoms with Crippen LogP contribution in [0.1, 0.15) is 19.2 Å². The highest BCUT2D eigenvalue weighted by Crippen LogP contribution is 2.22. The van der Waals surface area contributed by atoms with Gasteiger partial charge in [0.2, 0.25) is 11.8 Å².